The van der Waals surface area contributed by atoms with Crippen molar-refractivity contribution in [3.63, 3.8) is 0 Å². The summed E-state index contributed by atoms with van der Waals surface area (Å²) in [5.74, 6) is -0.390. The van der Waals surface area contributed by atoms with Crippen molar-refractivity contribution in [1.82, 2.24) is 4.98 Å². The molecule has 0 fully saturated rings. The van der Waals surface area contributed by atoms with Crippen molar-refractivity contribution in [3.05, 3.63) is 23.4 Å². The van der Waals surface area contributed by atoms with Gasteiger partial charge in [-0.3, -0.25) is 0 Å². The van der Waals surface area contributed by atoms with E-state index in [1.807, 2.05) is 11.9 Å². The molecule has 0 spiro atoms. The Morgan fingerprint density at radius 3 is 2.53 bits per heavy atom. The van der Waals surface area contributed by atoms with Crippen molar-refractivity contribution in [2.24, 2.45) is 5.41 Å². The van der Waals surface area contributed by atoms with Crippen LogP contribution in [0.1, 0.15) is 36.7 Å². The van der Waals surface area contributed by atoms with Crippen LogP contribution < -0.4 is 4.90 Å². The molecule has 17 heavy (non-hydrogen) atoms. The average Bonchev–Trinajstić information content (AvgIpc) is 2.13. The first-order chi connectivity index (χ1) is 7.72. The molecule has 1 aromatic heterocycles. The van der Waals surface area contributed by atoms with Crippen molar-refractivity contribution in [2.45, 2.75) is 27.7 Å². The molecule has 0 aliphatic heterocycles. The van der Waals surface area contributed by atoms with Crippen LogP contribution in [-0.2, 0) is 0 Å². The smallest absolute Gasteiger partial charge is 0.339 e. The topological polar surface area (TPSA) is 53.4 Å². The summed E-state index contributed by atoms with van der Waals surface area (Å²) < 4.78 is 0. The Bertz CT molecular complexity index is 422. The lowest BCUT2D eigenvalue weighted by molar-refractivity contribution is 0.0696. The van der Waals surface area contributed by atoms with Crippen molar-refractivity contribution in [1.29, 1.82) is 0 Å². The SMILES string of the molecule is Cc1ccnc(N(C)CC(C)(C)C)c1C(=O)O. The quantitative estimate of drug-likeness (QED) is 0.876. The van der Waals surface area contributed by atoms with Crippen molar-refractivity contribution >= 4 is 11.8 Å². The highest BCUT2D eigenvalue weighted by atomic mass is 16.4. The first-order valence-electron chi connectivity index (χ1n) is 5.62. The van der Waals surface area contributed by atoms with E-state index in [2.05, 4.69) is 25.8 Å². The number of anilines is 1. The summed E-state index contributed by atoms with van der Waals surface area (Å²) in [6, 6.07) is 1.72. The average molecular weight is 236 g/mol. The molecule has 94 valence electrons. The van der Waals surface area contributed by atoms with E-state index in [-0.39, 0.29) is 5.41 Å². The summed E-state index contributed by atoms with van der Waals surface area (Å²) in [5.41, 5.74) is 1.12. The zero-order chi connectivity index (χ0) is 13.2. The minimum atomic E-state index is -0.925. The lowest BCUT2D eigenvalue weighted by atomic mass is 9.96. The van der Waals surface area contributed by atoms with E-state index in [1.54, 1.807) is 19.2 Å². The fourth-order valence-corrected chi connectivity index (χ4v) is 1.88. The van der Waals surface area contributed by atoms with Crippen LogP contribution >= 0.6 is 0 Å². The van der Waals surface area contributed by atoms with Crippen LogP contribution in [0.4, 0.5) is 5.82 Å². The maximum Gasteiger partial charge on any atom is 0.339 e. The lowest BCUT2D eigenvalue weighted by Crippen LogP contribution is -2.31. The van der Waals surface area contributed by atoms with Gasteiger partial charge in [-0.1, -0.05) is 20.8 Å². The highest BCUT2D eigenvalue weighted by molar-refractivity contribution is 5.94. The van der Waals surface area contributed by atoms with E-state index in [1.165, 1.54) is 0 Å². The predicted octanol–water partition coefficient (Wildman–Crippen LogP) is 2.57. The number of pyridine rings is 1. The number of rotatable bonds is 3. The summed E-state index contributed by atoms with van der Waals surface area (Å²) in [7, 11) is 1.87. The van der Waals surface area contributed by atoms with Gasteiger partial charge in [0.25, 0.3) is 0 Å². The molecule has 1 aromatic rings. The summed E-state index contributed by atoms with van der Waals surface area (Å²) in [4.78, 5) is 17.3. The number of nitrogens with zero attached hydrogens (tertiary/aromatic N) is 2. The number of hydrogen-bond acceptors (Lipinski definition) is 3. The normalized spacial score (nSPS) is 11.4. The third-order valence-corrected chi connectivity index (χ3v) is 2.43. The maximum atomic E-state index is 11.2. The Hall–Kier alpha value is -1.58. The third kappa shape index (κ3) is 3.44. The lowest BCUT2D eigenvalue weighted by Gasteiger charge is -2.28. The van der Waals surface area contributed by atoms with Gasteiger partial charge in [-0.15, -0.1) is 0 Å². The van der Waals surface area contributed by atoms with Gasteiger partial charge in [0.2, 0.25) is 0 Å². The van der Waals surface area contributed by atoms with E-state index >= 15 is 0 Å². The van der Waals surface area contributed by atoms with Gasteiger partial charge in [0.15, 0.2) is 0 Å². The molecule has 0 atom stereocenters. The van der Waals surface area contributed by atoms with Crippen molar-refractivity contribution in [3.8, 4) is 0 Å². The van der Waals surface area contributed by atoms with E-state index in [0.717, 1.165) is 12.1 Å². The molecule has 0 unspecified atom stereocenters. The largest absolute Gasteiger partial charge is 0.478 e. The van der Waals surface area contributed by atoms with Crippen LogP contribution in [0.15, 0.2) is 12.3 Å². The molecular formula is C13H20N2O2. The molecule has 0 saturated heterocycles. The summed E-state index contributed by atoms with van der Waals surface area (Å²) in [6.07, 6.45) is 1.65. The molecule has 0 saturated carbocycles. The zero-order valence-electron chi connectivity index (χ0n) is 11.1. The highest BCUT2D eigenvalue weighted by Gasteiger charge is 2.21. The van der Waals surface area contributed by atoms with Crippen LogP contribution in [0.25, 0.3) is 0 Å². The molecule has 1 N–H and O–H groups in total. The van der Waals surface area contributed by atoms with Crippen LogP contribution in [0, 0.1) is 12.3 Å². The molecule has 1 rings (SSSR count). The monoisotopic (exact) mass is 236 g/mol. The first-order valence-corrected chi connectivity index (χ1v) is 5.62. The van der Waals surface area contributed by atoms with Gasteiger partial charge in [-0.2, -0.15) is 0 Å². The van der Waals surface area contributed by atoms with Crippen LogP contribution in [-0.4, -0.2) is 29.7 Å². The fourth-order valence-electron chi connectivity index (χ4n) is 1.88. The van der Waals surface area contributed by atoms with Crippen molar-refractivity contribution < 1.29 is 9.90 Å². The molecule has 0 aliphatic rings. The Morgan fingerprint density at radius 1 is 1.47 bits per heavy atom. The standard InChI is InChI=1S/C13H20N2O2/c1-9-6-7-14-11(10(9)12(16)17)15(5)8-13(2,3)4/h6-7H,8H2,1-5H3,(H,16,17). The van der Waals surface area contributed by atoms with Gasteiger partial charge in [0, 0.05) is 19.8 Å². The van der Waals surface area contributed by atoms with E-state index in [4.69, 9.17) is 0 Å². The van der Waals surface area contributed by atoms with E-state index < -0.39 is 5.97 Å². The van der Waals surface area contributed by atoms with Crippen LogP contribution in [0.5, 0.6) is 0 Å². The predicted molar refractivity (Wildman–Crippen MR) is 68.7 cm³/mol. The molecule has 0 aliphatic carbocycles. The number of aromatic carboxylic acids is 1. The van der Waals surface area contributed by atoms with Gasteiger partial charge < -0.3 is 10.0 Å². The Labute approximate surface area is 102 Å². The number of carbonyl (C=O) groups is 1. The third-order valence-electron chi connectivity index (χ3n) is 2.43. The van der Waals surface area contributed by atoms with Gasteiger partial charge >= 0.3 is 5.97 Å². The Kier molecular flexibility index (Phi) is 3.76. The number of carboxylic acids is 1. The van der Waals surface area contributed by atoms with E-state index in [0.29, 0.717) is 11.4 Å². The number of aromatic nitrogens is 1. The van der Waals surface area contributed by atoms with Crippen molar-refractivity contribution in [2.75, 3.05) is 18.5 Å². The molecule has 4 nitrogen and oxygen atoms in total. The Morgan fingerprint density at radius 2 is 2.06 bits per heavy atom. The van der Waals surface area contributed by atoms with Gasteiger partial charge in [0.1, 0.15) is 11.4 Å². The number of hydrogen-bond donors (Lipinski definition) is 1. The number of carboxylic acid groups (broad SMARTS) is 1. The second kappa shape index (κ2) is 4.73. The van der Waals surface area contributed by atoms with E-state index in [9.17, 15) is 9.90 Å². The minimum Gasteiger partial charge on any atom is -0.478 e. The molecule has 0 radical (unpaired) electrons. The molecule has 0 amide bonds. The second-order valence-corrected chi connectivity index (χ2v) is 5.55. The first kappa shape index (κ1) is 13.5. The van der Waals surface area contributed by atoms with Crippen LogP contribution in [0.2, 0.25) is 0 Å². The van der Waals surface area contributed by atoms with Gasteiger partial charge in [-0.25, -0.2) is 9.78 Å². The molecule has 0 aromatic carbocycles. The highest BCUT2D eigenvalue weighted by Crippen LogP contribution is 2.23. The number of aryl methyl sites for hydroxylation is 1. The molecule has 1 heterocycles. The summed E-state index contributed by atoms with van der Waals surface area (Å²) in [5, 5.41) is 9.23. The van der Waals surface area contributed by atoms with Gasteiger partial charge in [0.05, 0.1) is 0 Å². The minimum absolute atomic E-state index is 0.0932. The maximum absolute atomic E-state index is 11.2. The summed E-state index contributed by atoms with van der Waals surface area (Å²) in [6.45, 7) is 8.88. The summed E-state index contributed by atoms with van der Waals surface area (Å²) >= 11 is 0. The fraction of sp³-hybridized carbons (Fsp3) is 0.538. The molecular weight excluding hydrogens is 216 g/mol. The van der Waals surface area contributed by atoms with Crippen LogP contribution in [0.3, 0.4) is 0 Å². The Balaban J connectivity index is 3.13. The molecule has 0 bridgehead atoms. The molecule has 4 heteroatoms. The second-order valence-electron chi connectivity index (χ2n) is 5.55. The zero-order valence-corrected chi connectivity index (χ0v) is 11.1. The van der Waals surface area contributed by atoms with Gasteiger partial charge in [-0.05, 0) is 24.0 Å².